The van der Waals surface area contributed by atoms with Crippen molar-refractivity contribution in [3.63, 3.8) is 0 Å². The fourth-order valence-corrected chi connectivity index (χ4v) is 1.08. The van der Waals surface area contributed by atoms with E-state index in [-0.39, 0.29) is 5.54 Å². The number of nitrogens with one attached hydrogen (secondary N) is 1. The van der Waals surface area contributed by atoms with E-state index in [1.807, 2.05) is 12.1 Å². The smallest absolute Gasteiger partial charge is 0.214 e. The molecule has 1 rings (SSSR count). The summed E-state index contributed by atoms with van der Waals surface area (Å²) in [5.74, 6) is 0.641. The minimum absolute atomic E-state index is 0.104. The summed E-state index contributed by atoms with van der Waals surface area (Å²) in [6.45, 7) is 6.49. The van der Waals surface area contributed by atoms with Crippen LogP contribution in [0.4, 0.5) is 5.69 Å². The van der Waals surface area contributed by atoms with Crippen LogP contribution in [-0.4, -0.2) is 17.6 Å². The number of anilines is 1. The number of methoxy groups -OCH3 is 1. The summed E-state index contributed by atoms with van der Waals surface area (Å²) in [6.07, 6.45) is 2.81. The molecule has 0 aromatic carbocycles. The largest absolute Gasteiger partial charge is 0.481 e. The van der Waals surface area contributed by atoms with Crippen molar-refractivity contribution in [2.75, 3.05) is 12.4 Å². The Bertz CT molecular complexity index is 297. The van der Waals surface area contributed by atoms with Crippen molar-refractivity contribution in [3.8, 4) is 5.88 Å². The molecule has 3 nitrogen and oxygen atoms in total. The Morgan fingerprint density at radius 2 is 2.21 bits per heavy atom. The fourth-order valence-electron chi connectivity index (χ4n) is 1.08. The average Bonchev–Trinajstić information content (AvgIpc) is 2.17. The van der Waals surface area contributed by atoms with Crippen molar-refractivity contribution in [1.82, 2.24) is 4.98 Å². The molecule has 0 aliphatic heterocycles. The molecule has 14 heavy (non-hydrogen) atoms. The van der Waals surface area contributed by atoms with Crippen LogP contribution in [0.5, 0.6) is 5.88 Å². The van der Waals surface area contributed by atoms with Crippen LogP contribution < -0.4 is 10.1 Å². The van der Waals surface area contributed by atoms with Crippen LogP contribution in [0, 0.1) is 0 Å². The molecule has 78 valence electrons. The lowest BCUT2D eigenvalue weighted by Gasteiger charge is -2.25. The molecule has 1 heterocycles. The SMILES string of the molecule is CCC(C)(C)Nc1ccnc(OC)c1. The second kappa shape index (κ2) is 4.31. The van der Waals surface area contributed by atoms with Gasteiger partial charge in [0.2, 0.25) is 5.88 Å². The van der Waals surface area contributed by atoms with Gasteiger partial charge in [0.25, 0.3) is 0 Å². The summed E-state index contributed by atoms with van der Waals surface area (Å²) >= 11 is 0. The monoisotopic (exact) mass is 194 g/mol. The molecule has 0 aliphatic carbocycles. The maximum atomic E-state index is 5.05. The summed E-state index contributed by atoms with van der Waals surface area (Å²) < 4.78 is 5.05. The number of rotatable bonds is 4. The molecule has 0 atom stereocenters. The zero-order valence-corrected chi connectivity index (χ0v) is 9.29. The van der Waals surface area contributed by atoms with Gasteiger partial charge in [-0.25, -0.2) is 4.98 Å². The minimum Gasteiger partial charge on any atom is -0.481 e. The number of hydrogen-bond donors (Lipinski definition) is 1. The van der Waals surface area contributed by atoms with Crippen LogP contribution in [0.3, 0.4) is 0 Å². The summed E-state index contributed by atoms with van der Waals surface area (Å²) in [7, 11) is 1.62. The van der Waals surface area contributed by atoms with Crippen LogP contribution >= 0.6 is 0 Å². The van der Waals surface area contributed by atoms with Gasteiger partial charge in [-0.05, 0) is 26.3 Å². The van der Waals surface area contributed by atoms with Gasteiger partial charge in [0.1, 0.15) is 0 Å². The molecule has 0 unspecified atom stereocenters. The van der Waals surface area contributed by atoms with Crippen LogP contribution in [-0.2, 0) is 0 Å². The molecule has 0 saturated heterocycles. The van der Waals surface area contributed by atoms with Gasteiger partial charge in [-0.1, -0.05) is 6.92 Å². The van der Waals surface area contributed by atoms with Crippen molar-refractivity contribution in [2.45, 2.75) is 32.7 Å². The summed E-state index contributed by atoms with van der Waals surface area (Å²) in [5, 5.41) is 3.42. The predicted molar refractivity (Wildman–Crippen MR) is 58.8 cm³/mol. The molecule has 0 bridgehead atoms. The normalized spacial score (nSPS) is 11.1. The van der Waals surface area contributed by atoms with E-state index >= 15 is 0 Å². The van der Waals surface area contributed by atoms with E-state index in [1.54, 1.807) is 13.3 Å². The first kappa shape index (κ1) is 10.8. The quantitative estimate of drug-likeness (QED) is 0.800. The first-order chi connectivity index (χ1) is 6.57. The molecule has 0 amide bonds. The van der Waals surface area contributed by atoms with Crippen LogP contribution in [0.25, 0.3) is 0 Å². The predicted octanol–water partition coefficient (Wildman–Crippen LogP) is 2.69. The Balaban J connectivity index is 2.76. The number of nitrogens with zero attached hydrogens (tertiary/aromatic N) is 1. The summed E-state index contributed by atoms with van der Waals surface area (Å²) in [4.78, 5) is 4.05. The highest BCUT2D eigenvalue weighted by Gasteiger charge is 2.14. The third-order valence-electron chi connectivity index (χ3n) is 2.31. The summed E-state index contributed by atoms with van der Waals surface area (Å²) in [5.41, 5.74) is 1.15. The average molecular weight is 194 g/mol. The van der Waals surface area contributed by atoms with Gasteiger partial charge in [0, 0.05) is 23.5 Å². The van der Waals surface area contributed by atoms with E-state index in [0.717, 1.165) is 12.1 Å². The van der Waals surface area contributed by atoms with Crippen LogP contribution in [0.15, 0.2) is 18.3 Å². The topological polar surface area (TPSA) is 34.2 Å². The van der Waals surface area contributed by atoms with E-state index in [4.69, 9.17) is 4.74 Å². The van der Waals surface area contributed by atoms with Gasteiger partial charge in [-0.2, -0.15) is 0 Å². The second-order valence-electron chi connectivity index (χ2n) is 3.95. The molecule has 3 heteroatoms. The molecule has 0 radical (unpaired) electrons. The Morgan fingerprint density at radius 1 is 1.50 bits per heavy atom. The first-order valence-electron chi connectivity index (χ1n) is 4.85. The molecular weight excluding hydrogens is 176 g/mol. The van der Waals surface area contributed by atoms with Crippen LogP contribution in [0.2, 0.25) is 0 Å². The highest BCUT2D eigenvalue weighted by atomic mass is 16.5. The third-order valence-corrected chi connectivity index (χ3v) is 2.31. The van der Waals surface area contributed by atoms with E-state index in [9.17, 15) is 0 Å². The Hall–Kier alpha value is -1.25. The Morgan fingerprint density at radius 3 is 2.79 bits per heavy atom. The number of ether oxygens (including phenoxy) is 1. The van der Waals surface area contributed by atoms with E-state index in [1.165, 1.54) is 0 Å². The molecule has 1 N–H and O–H groups in total. The molecular formula is C11H18N2O. The molecule has 1 aromatic rings. The third kappa shape index (κ3) is 2.91. The standard InChI is InChI=1S/C11H18N2O/c1-5-11(2,3)13-9-6-7-12-10(8-9)14-4/h6-8H,5H2,1-4H3,(H,12,13). The van der Waals surface area contributed by atoms with E-state index < -0.39 is 0 Å². The van der Waals surface area contributed by atoms with Gasteiger partial charge in [-0.15, -0.1) is 0 Å². The highest BCUT2D eigenvalue weighted by molar-refractivity contribution is 5.46. The lowest BCUT2D eigenvalue weighted by molar-refractivity contribution is 0.398. The molecule has 0 saturated carbocycles. The summed E-state index contributed by atoms with van der Waals surface area (Å²) in [6, 6.07) is 3.84. The Kier molecular flexibility index (Phi) is 3.33. The first-order valence-corrected chi connectivity index (χ1v) is 4.85. The van der Waals surface area contributed by atoms with Crippen molar-refractivity contribution in [3.05, 3.63) is 18.3 Å². The molecule has 0 fully saturated rings. The Labute approximate surface area is 85.5 Å². The number of pyridine rings is 1. The number of hydrogen-bond acceptors (Lipinski definition) is 3. The fraction of sp³-hybridized carbons (Fsp3) is 0.545. The lowest BCUT2D eigenvalue weighted by Crippen LogP contribution is -2.29. The van der Waals surface area contributed by atoms with Gasteiger partial charge < -0.3 is 10.1 Å². The van der Waals surface area contributed by atoms with E-state index in [0.29, 0.717) is 5.88 Å². The van der Waals surface area contributed by atoms with Gasteiger partial charge in [0.15, 0.2) is 0 Å². The zero-order chi connectivity index (χ0) is 10.6. The van der Waals surface area contributed by atoms with E-state index in [2.05, 4.69) is 31.1 Å². The van der Waals surface area contributed by atoms with Crippen molar-refractivity contribution in [2.24, 2.45) is 0 Å². The molecule has 0 aliphatic rings. The zero-order valence-electron chi connectivity index (χ0n) is 9.29. The maximum absolute atomic E-state index is 5.05. The number of aromatic nitrogens is 1. The maximum Gasteiger partial charge on any atom is 0.214 e. The van der Waals surface area contributed by atoms with Crippen LogP contribution in [0.1, 0.15) is 27.2 Å². The van der Waals surface area contributed by atoms with Crippen molar-refractivity contribution >= 4 is 5.69 Å². The van der Waals surface area contributed by atoms with Gasteiger partial charge in [-0.3, -0.25) is 0 Å². The van der Waals surface area contributed by atoms with Crippen molar-refractivity contribution in [1.29, 1.82) is 0 Å². The molecule has 1 aromatic heterocycles. The second-order valence-corrected chi connectivity index (χ2v) is 3.95. The van der Waals surface area contributed by atoms with Gasteiger partial charge in [0.05, 0.1) is 7.11 Å². The lowest BCUT2D eigenvalue weighted by atomic mass is 10.0. The van der Waals surface area contributed by atoms with Crippen molar-refractivity contribution < 1.29 is 4.74 Å². The molecule has 0 spiro atoms. The highest BCUT2D eigenvalue weighted by Crippen LogP contribution is 2.20. The minimum atomic E-state index is 0.104. The van der Waals surface area contributed by atoms with Gasteiger partial charge >= 0.3 is 0 Å².